The minimum atomic E-state index is -0.300. The van der Waals surface area contributed by atoms with E-state index in [1.165, 1.54) is 12.3 Å². The molecule has 1 aromatic heterocycles. The molecule has 0 saturated carbocycles. The molecule has 0 atom stereocenters. The van der Waals surface area contributed by atoms with Crippen molar-refractivity contribution in [2.24, 2.45) is 0 Å². The molecule has 54 valence electrons. The molecule has 0 aliphatic carbocycles. The zero-order valence-electron chi connectivity index (χ0n) is 6.00. The van der Waals surface area contributed by atoms with Crippen LogP contribution in [0.3, 0.4) is 0 Å². The van der Waals surface area contributed by atoms with Crippen LogP contribution in [0.1, 0.15) is 0 Å². The molecule has 0 aromatic carbocycles. The third kappa shape index (κ3) is 1.43. The minimum absolute atomic E-state index is 0.300. The van der Waals surface area contributed by atoms with Gasteiger partial charge in [-0.05, 0) is 12.1 Å². The molecule has 3 heteroatoms. The highest BCUT2D eigenvalue weighted by molar-refractivity contribution is 5.35. The van der Waals surface area contributed by atoms with Crippen molar-refractivity contribution in [3.8, 4) is 0 Å². The quantitative estimate of drug-likeness (QED) is 0.584. The van der Waals surface area contributed by atoms with Crippen molar-refractivity contribution >= 4 is 5.82 Å². The first-order valence-electron chi connectivity index (χ1n) is 2.99. The van der Waals surface area contributed by atoms with Gasteiger partial charge in [0.05, 0.1) is 6.20 Å². The van der Waals surface area contributed by atoms with Crippen molar-refractivity contribution in [1.82, 2.24) is 4.98 Å². The lowest BCUT2D eigenvalue weighted by molar-refractivity contribution is 0.621. The van der Waals surface area contributed by atoms with Crippen LogP contribution < -0.4 is 4.90 Å². The summed E-state index contributed by atoms with van der Waals surface area (Å²) >= 11 is 0. The number of anilines is 1. The second kappa shape index (κ2) is 2.64. The zero-order valence-corrected chi connectivity index (χ0v) is 6.00. The number of aromatic nitrogens is 1. The summed E-state index contributed by atoms with van der Waals surface area (Å²) in [5, 5.41) is 0. The summed E-state index contributed by atoms with van der Waals surface area (Å²) in [7, 11) is 3.72. The normalized spacial score (nSPS) is 9.50. The van der Waals surface area contributed by atoms with E-state index in [1.54, 1.807) is 6.07 Å². The standard InChI is InChI=1S/C7H9FN2/c1-10(2)7-4-3-6(8)5-9-7/h3-5H,1-2H3. The summed E-state index contributed by atoms with van der Waals surface area (Å²) < 4.78 is 12.3. The van der Waals surface area contributed by atoms with Crippen molar-refractivity contribution in [2.75, 3.05) is 19.0 Å². The van der Waals surface area contributed by atoms with Crippen LogP contribution in [0.4, 0.5) is 10.2 Å². The van der Waals surface area contributed by atoms with E-state index in [1.807, 2.05) is 19.0 Å². The Morgan fingerprint density at radius 1 is 1.40 bits per heavy atom. The second-order valence-corrected chi connectivity index (χ2v) is 2.23. The van der Waals surface area contributed by atoms with E-state index in [9.17, 15) is 4.39 Å². The van der Waals surface area contributed by atoms with Crippen LogP contribution in [0.2, 0.25) is 0 Å². The third-order valence-electron chi connectivity index (χ3n) is 1.17. The van der Waals surface area contributed by atoms with Crippen LogP contribution in [0.15, 0.2) is 18.3 Å². The number of nitrogens with zero attached hydrogens (tertiary/aromatic N) is 2. The maximum atomic E-state index is 12.3. The van der Waals surface area contributed by atoms with Gasteiger partial charge in [-0.15, -0.1) is 0 Å². The number of hydrogen-bond acceptors (Lipinski definition) is 2. The lowest BCUT2D eigenvalue weighted by atomic mass is 10.4. The van der Waals surface area contributed by atoms with Crippen molar-refractivity contribution in [2.45, 2.75) is 0 Å². The molecule has 1 aromatic rings. The Labute approximate surface area is 59.3 Å². The topological polar surface area (TPSA) is 16.1 Å². The Morgan fingerprint density at radius 2 is 2.10 bits per heavy atom. The zero-order chi connectivity index (χ0) is 7.56. The molecule has 0 amide bonds. The van der Waals surface area contributed by atoms with Gasteiger partial charge in [0.1, 0.15) is 11.6 Å². The van der Waals surface area contributed by atoms with Crippen LogP contribution in [0.25, 0.3) is 0 Å². The van der Waals surface area contributed by atoms with Crippen molar-refractivity contribution in [3.63, 3.8) is 0 Å². The lowest BCUT2D eigenvalue weighted by Gasteiger charge is -2.09. The smallest absolute Gasteiger partial charge is 0.141 e. The predicted octanol–water partition coefficient (Wildman–Crippen LogP) is 1.29. The maximum Gasteiger partial charge on any atom is 0.141 e. The highest BCUT2D eigenvalue weighted by Crippen LogP contribution is 2.05. The first-order chi connectivity index (χ1) is 4.70. The fraction of sp³-hybridized carbons (Fsp3) is 0.286. The predicted molar refractivity (Wildman–Crippen MR) is 38.5 cm³/mol. The van der Waals surface area contributed by atoms with Gasteiger partial charge in [0.15, 0.2) is 0 Å². The van der Waals surface area contributed by atoms with Crippen LogP contribution in [-0.2, 0) is 0 Å². The number of halogens is 1. The monoisotopic (exact) mass is 140 g/mol. The summed E-state index contributed by atoms with van der Waals surface area (Å²) in [6.45, 7) is 0. The van der Waals surface area contributed by atoms with Crippen LogP contribution in [-0.4, -0.2) is 19.1 Å². The van der Waals surface area contributed by atoms with Gasteiger partial charge in [-0.1, -0.05) is 0 Å². The first-order valence-corrected chi connectivity index (χ1v) is 2.99. The fourth-order valence-corrected chi connectivity index (χ4v) is 0.633. The molecule has 0 spiro atoms. The van der Waals surface area contributed by atoms with Gasteiger partial charge in [0, 0.05) is 14.1 Å². The van der Waals surface area contributed by atoms with Gasteiger partial charge in [-0.2, -0.15) is 0 Å². The van der Waals surface area contributed by atoms with Crippen molar-refractivity contribution in [1.29, 1.82) is 0 Å². The highest BCUT2D eigenvalue weighted by Gasteiger charge is 1.94. The summed E-state index contributed by atoms with van der Waals surface area (Å²) in [5.74, 6) is 0.465. The molecule has 0 saturated heterocycles. The molecule has 0 unspecified atom stereocenters. The minimum Gasteiger partial charge on any atom is -0.363 e. The summed E-state index contributed by atoms with van der Waals surface area (Å²) in [6.07, 6.45) is 1.20. The molecule has 1 rings (SSSR count). The molecule has 0 bridgehead atoms. The Morgan fingerprint density at radius 3 is 2.50 bits per heavy atom. The van der Waals surface area contributed by atoms with Crippen LogP contribution >= 0.6 is 0 Å². The fourth-order valence-electron chi connectivity index (χ4n) is 0.633. The Kier molecular flexibility index (Phi) is 1.85. The van der Waals surface area contributed by atoms with Gasteiger partial charge in [-0.25, -0.2) is 9.37 Å². The number of hydrogen-bond donors (Lipinski definition) is 0. The largest absolute Gasteiger partial charge is 0.363 e. The van der Waals surface area contributed by atoms with Gasteiger partial charge < -0.3 is 4.90 Å². The Hall–Kier alpha value is -1.12. The molecular weight excluding hydrogens is 131 g/mol. The molecule has 10 heavy (non-hydrogen) atoms. The molecule has 0 radical (unpaired) electrons. The molecule has 0 N–H and O–H groups in total. The second-order valence-electron chi connectivity index (χ2n) is 2.23. The van der Waals surface area contributed by atoms with Crippen molar-refractivity contribution < 1.29 is 4.39 Å². The summed E-state index contributed by atoms with van der Waals surface area (Å²) in [5.41, 5.74) is 0. The average molecular weight is 140 g/mol. The van der Waals surface area contributed by atoms with Gasteiger partial charge in [0.25, 0.3) is 0 Å². The lowest BCUT2D eigenvalue weighted by Crippen LogP contribution is -2.10. The molecule has 0 aliphatic heterocycles. The maximum absolute atomic E-state index is 12.3. The van der Waals surface area contributed by atoms with Gasteiger partial charge in [0.2, 0.25) is 0 Å². The van der Waals surface area contributed by atoms with E-state index < -0.39 is 0 Å². The van der Waals surface area contributed by atoms with E-state index in [2.05, 4.69) is 4.98 Å². The molecule has 2 nitrogen and oxygen atoms in total. The van der Waals surface area contributed by atoms with Gasteiger partial charge >= 0.3 is 0 Å². The van der Waals surface area contributed by atoms with Crippen molar-refractivity contribution in [3.05, 3.63) is 24.1 Å². The van der Waals surface area contributed by atoms with Gasteiger partial charge in [-0.3, -0.25) is 0 Å². The average Bonchev–Trinajstić information content (AvgIpc) is 1.88. The van der Waals surface area contributed by atoms with Crippen LogP contribution in [0.5, 0.6) is 0 Å². The third-order valence-corrected chi connectivity index (χ3v) is 1.17. The summed E-state index contributed by atoms with van der Waals surface area (Å²) in [4.78, 5) is 5.65. The van der Waals surface area contributed by atoms with E-state index in [0.717, 1.165) is 5.82 Å². The Bertz CT molecular complexity index is 205. The molecule has 0 fully saturated rings. The van der Waals surface area contributed by atoms with E-state index >= 15 is 0 Å². The van der Waals surface area contributed by atoms with E-state index in [-0.39, 0.29) is 5.82 Å². The molecular formula is C7H9FN2. The van der Waals surface area contributed by atoms with E-state index in [0.29, 0.717) is 0 Å². The highest BCUT2D eigenvalue weighted by atomic mass is 19.1. The number of rotatable bonds is 1. The molecule has 1 heterocycles. The van der Waals surface area contributed by atoms with Crippen LogP contribution in [0, 0.1) is 5.82 Å². The Balaban J connectivity index is 2.89. The number of pyridine rings is 1. The first kappa shape index (κ1) is 6.99. The summed E-state index contributed by atoms with van der Waals surface area (Å²) in [6, 6.07) is 3.03. The van der Waals surface area contributed by atoms with E-state index in [4.69, 9.17) is 0 Å². The molecule has 0 aliphatic rings. The SMILES string of the molecule is CN(C)c1ccc(F)cn1.